The van der Waals surface area contributed by atoms with Crippen molar-refractivity contribution in [2.45, 2.75) is 45.1 Å². The van der Waals surface area contributed by atoms with Crippen LogP contribution in [0.4, 0.5) is 0 Å². The van der Waals surface area contributed by atoms with Gasteiger partial charge in [0.15, 0.2) is 0 Å². The molecule has 2 fully saturated rings. The number of fused-ring (bicyclic) bond motifs is 1. The molecule has 5 nitrogen and oxygen atoms in total. The van der Waals surface area contributed by atoms with Crippen molar-refractivity contribution < 1.29 is 9.59 Å². The van der Waals surface area contributed by atoms with E-state index in [1.165, 1.54) is 0 Å². The molecule has 2 heterocycles. The van der Waals surface area contributed by atoms with Crippen molar-refractivity contribution in [3.63, 3.8) is 0 Å². The molecule has 2 aliphatic rings. The number of nitrogens with zero attached hydrogens (tertiary/aromatic N) is 1. The van der Waals surface area contributed by atoms with E-state index in [1.54, 1.807) is 0 Å². The molecule has 1 aliphatic heterocycles. The molecule has 0 spiro atoms. The number of amides is 2. The van der Waals surface area contributed by atoms with Crippen molar-refractivity contribution in [3.05, 3.63) is 36.0 Å². The number of carbonyl (C=O) groups is 2. The number of nitrogens with one attached hydrogen (secondary N) is 2. The molecule has 0 unspecified atom stereocenters. The number of aromatic nitrogens is 1. The third kappa shape index (κ3) is 3.35. The van der Waals surface area contributed by atoms with E-state index >= 15 is 0 Å². The summed E-state index contributed by atoms with van der Waals surface area (Å²) >= 11 is 0. The van der Waals surface area contributed by atoms with Gasteiger partial charge in [0.25, 0.3) is 0 Å². The van der Waals surface area contributed by atoms with E-state index in [4.69, 9.17) is 0 Å². The molecule has 138 valence electrons. The minimum absolute atomic E-state index is 0.0368. The van der Waals surface area contributed by atoms with Crippen LogP contribution in [0.1, 0.15) is 44.1 Å². The van der Waals surface area contributed by atoms with Crippen molar-refractivity contribution >= 4 is 22.7 Å². The second-order valence-corrected chi connectivity index (χ2v) is 7.60. The van der Waals surface area contributed by atoms with E-state index < -0.39 is 0 Å². The Morgan fingerprint density at radius 1 is 1.04 bits per heavy atom. The highest BCUT2D eigenvalue weighted by atomic mass is 16.2. The second-order valence-electron chi connectivity index (χ2n) is 7.60. The first-order chi connectivity index (χ1) is 12.7. The number of hydrogen-bond donors (Lipinski definition) is 2. The Kier molecular flexibility index (Phi) is 4.96. The minimum Gasteiger partial charge on any atom is -0.361 e. The van der Waals surface area contributed by atoms with Gasteiger partial charge >= 0.3 is 0 Å². The smallest absolute Gasteiger partial charge is 0.226 e. The van der Waals surface area contributed by atoms with Gasteiger partial charge in [-0.25, -0.2) is 0 Å². The number of hydrogen-bond acceptors (Lipinski definition) is 2. The molecule has 2 N–H and O–H groups in total. The molecule has 1 saturated carbocycles. The highest BCUT2D eigenvalue weighted by Gasteiger charge is 2.38. The normalized spacial score (nSPS) is 23.3. The molecule has 2 aromatic rings. The SMILES string of the molecule is O=C(NCc1cccc2[nH]ccc12)[C@@H]1CCCC[C@@H]1C(=O)N1CCCC1. The summed E-state index contributed by atoms with van der Waals surface area (Å²) in [7, 11) is 0. The Morgan fingerprint density at radius 3 is 2.62 bits per heavy atom. The molecule has 5 heteroatoms. The van der Waals surface area contributed by atoms with Crippen LogP contribution in [0.3, 0.4) is 0 Å². The summed E-state index contributed by atoms with van der Waals surface area (Å²) in [6, 6.07) is 8.12. The first-order valence-corrected chi connectivity index (χ1v) is 9.85. The Labute approximate surface area is 154 Å². The monoisotopic (exact) mass is 353 g/mol. The van der Waals surface area contributed by atoms with Gasteiger partial charge in [0.2, 0.25) is 11.8 Å². The first-order valence-electron chi connectivity index (χ1n) is 9.85. The molecule has 0 bridgehead atoms. The fraction of sp³-hybridized carbons (Fsp3) is 0.524. The molecule has 1 aromatic carbocycles. The quantitative estimate of drug-likeness (QED) is 0.886. The summed E-state index contributed by atoms with van der Waals surface area (Å²) in [6.45, 7) is 2.23. The van der Waals surface area contributed by atoms with Crippen molar-refractivity contribution in [2.75, 3.05) is 13.1 Å². The number of H-pyrrole nitrogens is 1. The van der Waals surface area contributed by atoms with Crippen molar-refractivity contribution in [3.8, 4) is 0 Å². The number of benzene rings is 1. The van der Waals surface area contributed by atoms with Gasteiger partial charge < -0.3 is 15.2 Å². The third-order valence-electron chi connectivity index (χ3n) is 5.98. The van der Waals surface area contributed by atoms with Crippen molar-refractivity contribution in [2.24, 2.45) is 11.8 Å². The molecular formula is C21H27N3O2. The van der Waals surface area contributed by atoms with Gasteiger partial charge in [-0.2, -0.15) is 0 Å². The lowest BCUT2D eigenvalue weighted by molar-refractivity contribution is -0.142. The summed E-state index contributed by atoms with van der Waals surface area (Å²) < 4.78 is 0. The predicted molar refractivity (Wildman–Crippen MR) is 101 cm³/mol. The van der Waals surface area contributed by atoms with Gasteiger partial charge in [0, 0.05) is 48.6 Å². The Bertz CT molecular complexity index is 791. The second kappa shape index (κ2) is 7.52. The average Bonchev–Trinajstić information content (AvgIpc) is 3.37. The lowest BCUT2D eigenvalue weighted by Crippen LogP contribution is -2.44. The largest absolute Gasteiger partial charge is 0.361 e. The number of likely N-dealkylation sites (tertiary alicyclic amines) is 1. The van der Waals surface area contributed by atoms with Crippen LogP contribution < -0.4 is 5.32 Å². The molecule has 26 heavy (non-hydrogen) atoms. The van der Waals surface area contributed by atoms with Crippen LogP contribution in [0.25, 0.3) is 10.9 Å². The zero-order chi connectivity index (χ0) is 17.9. The maximum atomic E-state index is 12.9. The molecule has 2 amide bonds. The van der Waals surface area contributed by atoms with Gasteiger partial charge in [0.1, 0.15) is 0 Å². The topological polar surface area (TPSA) is 65.2 Å². The zero-order valence-electron chi connectivity index (χ0n) is 15.2. The molecule has 0 radical (unpaired) electrons. The van der Waals surface area contributed by atoms with E-state index in [2.05, 4.69) is 10.3 Å². The minimum atomic E-state index is -0.178. The fourth-order valence-corrected chi connectivity index (χ4v) is 4.53. The Balaban J connectivity index is 1.43. The van der Waals surface area contributed by atoms with E-state index in [9.17, 15) is 9.59 Å². The summed E-state index contributed by atoms with van der Waals surface area (Å²) in [5, 5.41) is 4.24. The highest BCUT2D eigenvalue weighted by molar-refractivity contribution is 5.88. The fourth-order valence-electron chi connectivity index (χ4n) is 4.53. The van der Waals surface area contributed by atoms with E-state index in [1.807, 2.05) is 35.4 Å². The van der Waals surface area contributed by atoms with Crippen LogP contribution in [-0.2, 0) is 16.1 Å². The average molecular weight is 353 g/mol. The molecule has 1 saturated heterocycles. The first kappa shape index (κ1) is 17.1. The lowest BCUT2D eigenvalue weighted by atomic mass is 9.78. The van der Waals surface area contributed by atoms with Crippen LogP contribution in [0.15, 0.2) is 30.5 Å². The predicted octanol–water partition coefficient (Wildman–Crippen LogP) is 3.21. The Morgan fingerprint density at radius 2 is 1.81 bits per heavy atom. The molecule has 2 atom stereocenters. The standard InChI is InChI=1S/C21H27N3O2/c25-20(23-14-15-6-5-9-19-16(15)10-11-22-19)17-7-1-2-8-18(17)21(26)24-12-3-4-13-24/h5-6,9-11,17-18,22H,1-4,7-8,12-14H2,(H,23,25)/t17-,18+/m1/s1. The van der Waals surface area contributed by atoms with Gasteiger partial charge in [-0.1, -0.05) is 25.0 Å². The maximum Gasteiger partial charge on any atom is 0.226 e. The molecule has 4 rings (SSSR count). The molecule has 1 aliphatic carbocycles. The van der Waals surface area contributed by atoms with E-state index in [0.717, 1.165) is 68.1 Å². The Hall–Kier alpha value is -2.30. The van der Waals surface area contributed by atoms with Crippen LogP contribution >= 0.6 is 0 Å². The van der Waals surface area contributed by atoms with Crippen LogP contribution in [0.5, 0.6) is 0 Å². The van der Waals surface area contributed by atoms with Crippen molar-refractivity contribution in [1.29, 1.82) is 0 Å². The molecular weight excluding hydrogens is 326 g/mol. The lowest BCUT2D eigenvalue weighted by Gasteiger charge is -2.32. The summed E-state index contributed by atoms with van der Waals surface area (Å²) in [5.74, 6) is -0.0722. The zero-order valence-corrected chi connectivity index (χ0v) is 15.2. The van der Waals surface area contributed by atoms with Gasteiger partial charge in [-0.3, -0.25) is 9.59 Å². The maximum absolute atomic E-state index is 12.9. The van der Waals surface area contributed by atoms with Crippen molar-refractivity contribution in [1.82, 2.24) is 15.2 Å². The van der Waals surface area contributed by atoms with Crippen LogP contribution in [0.2, 0.25) is 0 Å². The highest BCUT2D eigenvalue weighted by Crippen LogP contribution is 2.32. The summed E-state index contributed by atoms with van der Waals surface area (Å²) in [6.07, 6.45) is 7.87. The summed E-state index contributed by atoms with van der Waals surface area (Å²) in [4.78, 5) is 30.9. The molecule has 1 aromatic heterocycles. The van der Waals surface area contributed by atoms with Crippen LogP contribution in [0, 0.1) is 11.8 Å². The number of carbonyl (C=O) groups excluding carboxylic acids is 2. The number of rotatable bonds is 4. The third-order valence-corrected chi connectivity index (χ3v) is 5.98. The van der Waals surface area contributed by atoms with Gasteiger partial charge in [0.05, 0.1) is 0 Å². The van der Waals surface area contributed by atoms with Crippen LogP contribution in [-0.4, -0.2) is 34.8 Å². The summed E-state index contributed by atoms with van der Waals surface area (Å²) in [5.41, 5.74) is 2.19. The van der Waals surface area contributed by atoms with E-state index in [-0.39, 0.29) is 23.7 Å². The number of aromatic amines is 1. The van der Waals surface area contributed by atoms with E-state index in [0.29, 0.717) is 6.54 Å². The van der Waals surface area contributed by atoms with Gasteiger partial charge in [-0.05, 0) is 43.4 Å². The van der Waals surface area contributed by atoms with Gasteiger partial charge in [-0.15, -0.1) is 0 Å².